The molecule has 0 fully saturated rings. The molecule has 0 aromatic carbocycles. The Hall–Kier alpha value is -0.180. The van der Waals surface area contributed by atoms with Gasteiger partial charge in [-0.3, -0.25) is 0 Å². The van der Waals surface area contributed by atoms with Crippen molar-refractivity contribution in [2.75, 3.05) is 0 Å². The van der Waals surface area contributed by atoms with Crippen LogP contribution in [0.15, 0.2) is 47.8 Å². The first-order valence-electron chi connectivity index (χ1n) is 4.22. The first-order valence-corrected chi connectivity index (χ1v) is 7.31. The number of allylic oxidation sites excluding steroid dienone is 5. The van der Waals surface area contributed by atoms with Gasteiger partial charge in [-0.25, -0.2) is 0 Å². The average Bonchev–Trinajstić information content (AvgIpc) is 2.20. The second-order valence-electron chi connectivity index (χ2n) is 3.21. The predicted molar refractivity (Wildman–Crippen MR) is 58.0 cm³/mol. The molecule has 0 nitrogen and oxygen atoms in total. The van der Waals surface area contributed by atoms with E-state index in [0.29, 0.717) is 0 Å². The summed E-state index contributed by atoms with van der Waals surface area (Å²) in [4.78, 5) is 0. The number of hydrogen-bond donors (Lipinski definition) is 0. The monoisotopic (exact) mass is 192 g/mol. The Morgan fingerprint density at radius 3 is 2.42 bits per heavy atom. The summed E-state index contributed by atoms with van der Waals surface area (Å²) in [6.45, 7) is 0. The predicted octanol–water partition coefficient (Wildman–Crippen LogP) is 3.78. The summed E-state index contributed by atoms with van der Waals surface area (Å²) >= 11 is 0. The van der Waals surface area contributed by atoms with Gasteiger partial charge in [-0.2, -0.15) is 0 Å². The molecule has 2 heteroatoms. The van der Waals surface area contributed by atoms with Crippen molar-refractivity contribution in [1.29, 1.82) is 0 Å². The van der Waals surface area contributed by atoms with Crippen molar-refractivity contribution in [3.8, 4) is 0 Å². The largest absolute Gasteiger partial charge is 0.0722 e. The summed E-state index contributed by atoms with van der Waals surface area (Å²) in [5.74, 6) is 7.31. The molecular weight excluding hydrogens is 182 g/mol. The van der Waals surface area contributed by atoms with Crippen molar-refractivity contribution in [3.63, 3.8) is 0 Å². The van der Waals surface area contributed by atoms with E-state index in [1.54, 1.807) is 0 Å². The molecular formula is C10H10P2. The first kappa shape index (κ1) is 7.25. The molecule has 0 aromatic rings. The van der Waals surface area contributed by atoms with Gasteiger partial charge in [0.25, 0.3) is 0 Å². The lowest BCUT2D eigenvalue weighted by molar-refractivity contribution is 1.32. The van der Waals surface area contributed by atoms with Gasteiger partial charge in [0.1, 0.15) is 0 Å². The molecule has 0 saturated heterocycles. The maximum Gasteiger partial charge on any atom is 0.0288 e. The third kappa shape index (κ3) is 0.920. The molecule has 0 N–H and O–H groups in total. The molecule has 4 rings (SSSR count). The highest BCUT2D eigenvalue weighted by Gasteiger charge is 2.34. The second kappa shape index (κ2) is 2.66. The van der Waals surface area contributed by atoms with Crippen LogP contribution in [-0.4, -0.2) is 11.1 Å². The van der Waals surface area contributed by atoms with Gasteiger partial charge in [0, 0.05) is 11.1 Å². The lowest BCUT2D eigenvalue weighted by Crippen LogP contribution is -2.15. The molecule has 0 radical (unpaired) electrons. The van der Waals surface area contributed by atoms with Crippen molar-refractivity contribution in [2.45, 2.75) is 11.1 Å². The molecule has 4 heterocycles. The van der Waals surface area contributed by atoms with E-state index in [9.17, 15) is 0 Å². The van der Waals surface area contributed by atoms with E-state index in [1.807, 2.05) is 0 Å². The molecule has 0 spiro atoms. The van der Waals surface area contributed by atoms with Crippen LogP contribution in [-0.2, 0) is 0 Å². The van der Waals surface area contributed by atoms with E-state index in [0.717, 1.165) is 11.1 Å². The summed E-state index contributed by atoms with van der Waals surface area (Å²) in [5, 5.41) is 0.875. The Balaban J connectivity index is 2.08. The highest BCUT2D eigenvalue weighted by molar-refractivity contribution is 7.82. The minimum atomic E-state index is 0.0687. The minimum Gasteiger partial charge on any atom is -0.0722 e. The van der Waals surface area contributed by atoms with Crippen LogP contribution in [0.4, 0.5) is 0 Å². The average molecular weight is 192 g/mol. The molecule has 2 atom stereocenters. The first-order chi connectivity index (χ1) is 5.95. The molecule has 4 aliphatic rings. The second-order valence-corrected chi connectivity index (χ2v) is 8.01. The molecule has 2 unspecified atom stereocenters. The summed E-state index contributed by atoms with van der Waals surface area (Å²) in [7, 11) is 0.197. The van der Waals surface area contributed by atoms with Crippen LogP contribution in [0.5, 0.6) is 0 Å². The van der Waals surface area contributed by atoms with E-state index in [2.05, 4.69) is 47.8 Å². The zero-order valence-electron chi connectivity index (χ0n) is 6.67. The third-order valence-corrected chi connectivity index (χ3v) is 8.27. The van der Waals surface area contributed by atoms with Crippen molar-refractivity contribution in [3.05, 3.63) is 47.8 Å². The summed E-state index contributed by atoms with van der Waals surface area (Å²) < 4.78 is 0. The Morgan fingerprint density at radius 1 is 0.833 bits per heavy atom. The van der Waals surface area contributed by atoms with Gasteiger partial charge < -0.3 is 0 Å². The van der Waals surface area contributed by atoms with Crippen molar-refractivity contribution in [1.82, 2.24) is 0 Å². The van der Waals surface area contributed by atoms with Crippen LogP contribution in [0.1, 0.15) is 0 Å². The number of hydrogen-bond acceptors (Lipinski definition) is 0. The van der Waals surface area contributed by atoms with E-state index >= 15 is 0 Å². The molecule has 60 valence electrons. The zero-order chi connectivity index (χ0) is 7.97. The fraction of sp³-hybridized carbons (Fsp3) is 0.200. The van der Waals surface area contributed by atoms with Gasteiger partial charge in [-0.1, -0.05) is 55.8 Å². The van der Waals surface area contributed by atoms with Crippen molar-refractivity contribution >= 4 is 15.8 Å². The maximum absolute atomic E-state index is 2.44. The molecule has 2 bridgehead atoms. The van der Waals surface area contributed by atoms with E-state index in [-0.39, 0.29) is 15.8 Å². The highest BCUT2D eigenvalue weighted by atomic mass is 31.2. The van der Waals surface area contributed by atoms with Gasteiger partial charge >= 0.3 is 0 Å². The molecule has 12 heavy (non-hydrogen) atoms. The summed E-state index contributed by atoms with van der Waals surface area (Å²) in [6, 6.07) is 0. The molecule has 4 aliphatic heterocycles. The standard InChI is InChI=1S/C10H10P2/c1-2-6-12-9-4-7-11(8-5-9)10(12)3-1/h1-10H. The molecule has 0 amide bonds. The van der Waals surface area contributed by atoms with E-state index in [1.165, 1.54) is 0 Å². The van der Waals surface area contributed by atoms with Gasteiger partial charge in [0.2, 0.25) is 0 Å². The van der Waals surface area contributed by atoms with Crippen LogP contribution in [0, 0.1) is 0 Å². The lowest BCUT2D eigenvalue weighted by atomic mass is 10.4. The van der Waals surface area contributed by atoms with Crippen LogP contribution in [0.3, 0.4) is 0 Å². The quantitative estimate of drug-likeness (QED) is 0.512. The fourth-order valence-electron chi connectivity index (χ4n) is 1.89. The van der Waals surface area contributed by atoms with Gasteiger partial charge in [-0.15, -0.1) is 0 Å². The van der Waals surface area contributed by atoms with Crippen LogP contribution >= 0.6 is 15.8 Å². The van der Waals surface area contributed by atoms with Gasteiger partial charge in [0.05, 0.1) is 0 Å². The Morgan fingerprint density at radius 2 is 1.67 bits per heavy atom. The van der Waals surface area contributed by atoms with Crippen LogP contribution in [0.2, 0.25) is 0 Å². The number of rotatable bonds is 0. The summed E-state index contributed by atoms with van der Waals surface area (Å²) in [6.07, 6.45) is 11.7. The van der Waals surface area contributed by atoms with Gasteiger partial charge in [0.15, 0.2) is 0 Å². The minimum absolute atomic E-state index is 0.0687. The molecule has 0 aliphatic carbocycles. The van der Waals surface area contributed by atoms with Crippen molar-refractivity contribution in [2.24, 2.45) is 0 Å². The smallest absolute Gasteiger partial charge is 0.0288 e. The van der Waals surface area contributed by atoms with Crippen LogP contribution in [0.25, 0.3) is 0 Å². The van der Waals surface area contributed by atoms with E-state index in [4.69, 9.17) is 0 Å². The van der Waals surface area contributed by atoms with Gasteiger partial charge in [-0.05, 0) is 7.92 Å². The topological polar surface area (TPSA) is 0 Å². The maximum atomic E-state index is 2.44. The Bertz CT molecular complexity index is 268. The van der Waals surface area contributed by atoms with Crippen LogP contribution < -0.4 is 0 Å². The third-order valence-electron chi connectivity index (χ3n) is 2.52. The molecule has 0 aromatic heterocycles. The Labute approximate surface area is 75.2 Å². The summed E-state index contributed by atoms with van der Waals surface area (Å²) in [5.41, 5.74) is 0.749. The zero-order valence-corrected chi connectivity index (χ0v) is 8.46. The lowest BCUT2D eigenvalue weighted by Gasteiger charge is -2.40. The fourth-order valence-corrected chi connectivity index (χ4v) is 7.96. The SMILES string of the molecule is C1=CC2P3C=CC(C=C3)P2C=C1. The Kier molecular flexibility index (Phi) is 1.60. The van der Waals surface area contributed by atoms with Crippen molar-refractivity contribution < 1.29 is 0 Å². The highest BCUT2D eigenvalue weighted by Crippen LogP contribution is 2.71. The molecule has 0 saturated carbocycles. The van der Waals surface area contributed by atoms with E-state index < -0.39 is 0 Å². The normalized spacial score (nSPS) is 46.7.